The van der Waals surface area contributed by atoms with Crippen molar-refractivity contribution in [1.29, 1.82) is 0 Å². The number of carboxylic acid groups (broad SMARTS) is 1. The number of hydrogen-bond acceptors (Lipinski definition) is 21. The van der Waals surface area contributed by atoms with Gasteiger partial charge in [0.1, 0.15) is 91.4 Å². The van der Waals surface area contributed by atoms with Gasteiger partial charge in [0, 0.05) is 27.7 Å². The molecule has 25 nitrogen and oxygen atoms in total. The normalized spacial score (nSPS) is 46.8. The zero-order valence-electron chi connectivity index (χ0n) is 32.0. The fourth-order valence-electron chi connectivity index (χ4n) is 7.58. The number of nitrogens with one attached hydrogen (secondary N) is 3. The van der Waals surface area contributed by atoms with Crippen LogP contribution in [0.1, 0.15) is 34.6 Å². The van der Waals surface area contributed by atoms with Crippen LogP contribution in [0.2, 0.25) is 0 Å². The summed E-state index contributed by atoms with van der Waals surface area (Å²) in [5, 5.41) is 102. The van der Waals surface area contributed by atoms with E-state index in [1.54, 1.807) is 0 Å². The lowest BCUT2D eigenvalue weighted by Crippen LogP contribution is -2.71. The molecule has 0 aromatic heterocycles. The van der Waals surface area contributed by atoms with Crippen molar-refractivity contribution < 1.29 is 108 Å². The third-order valence-electron chi connectivity index (χ3n) is 10.4. The molecule has 5 rings (SSSR count). The highest BCUT2D eigenvalue weighted by Gasteiger charge is 2.62. The molecule has 5 fully saturated rings. The van der Waals surface area contributed by atoms with Crippen LogP contribution in [-0.4, -0.2) is 218 Å². The Hall–Kier alpha value is -2.80. The average molecular weight is 844 g/mol. The predicted octanol–water partition coefficient (Wildman–Crippen LogP) is -7.43. The Balaban J connectivity index is 1.48. The molecule has 0 spiro atoms. The molecular weight excluding hydrogens is 790 g/mol. The Labute approximate surface area is 330 Å². The maximum atomic E-state index is 12.7. The number of amides is 3. The maximum absolute atomic E-state index is 12.7. The summed E-state index contributed by atoms with van der Waals surface area (Å²) in [7, 11) is 0. The van der Waals surface area contributed by atoms with Gasteiger partial charge in [0.05, 0.1) is 25.9 Å². The molecule has 25 heteroatoms. The number of rotatable bonds is 13. The third kappa shape index (κ3) is 9.55. The molecule has 0 unspecified atom stereocenters. The lowest BCUT2D eigenvalue weighted by atomic mass is 9.93. The van der Waals surface area contributed by atoms with Crippen molar-refractivity contribution in [3.8, 4) is 0 Å². The zero-order valence-corrected chi connectivity index (χ0v) is 32.0. The molecule has 5 saturated heterocycles. The molecule has 12 N–H and O–H groups in total. The van der Waals surface area contributed by atoms with E-state index in [4.69, 9.17) is 42.6 Å². The van der Waals surface area contributed by atoms with Crippen LogP contribution in [0.3, 0.4) is 0 Å². The Morgan fingerprint density at radius 2 is 1.00 bits per heavy atom. The topological polar surface area (TPSA) is 370 Å². The summed E-state index contributed by atoms with van der Waals surface area (Å²) in [6.45, 7) is 3.25. The minimum absolute atomic E-state index is 0.677. The molecule has 5 heterocycles. The molecule has 0 saturated carbocycles. The van der Waals surface area contributed by atoms with E-state index in [1.165, 1.54) is 6.92 Å². The lowest BCUT2D eigenvalue weighted by molar-refractivity contribution is -0.357. The van der Waals surface area contributed by atoms with Crippen LogP contribution < -0.4 is 16.0 Å². The molecule has 5 aliphatic rings. The third-order valence-corrected chi connectivity index (χ3v) is 10.4. The number of carboxylic acids is 1. The molecule has 5 aliphatic heterocycles. The van der Waals surface area contributed by atoms with Crippen LogP contribution in [0.5, 0.6) is 0 Å². The summed E-state index contributed by atoms with van der Waals surface area (Å²) in [5.74, 6) is -6.00. The molecule has 3 amide bonds. The van der Waals surface area contributed by atoms with E-state index in [0.717, 1.165) is 27.7 Å². The van der Waals surface area contributed by atoms with Gasteiger partial charge < -0.3 is 105 Å². The van der Waals surface area contributed by atoms with Crippen LogP contribution in [0.4, 0.5) is 0 Å². The molecule has 0 radical (unpaired) electrons. The maximum Gasteiger partial charge on any atom is 0.364 e. The van der Waals surface area contributed by atoms with Gasteiger partial charge in [0.25, 0.3) is 5.79 Å². The summed E-state index contributed by atoms with van der Waals surface area (Å²) >= 11 is 0. The summed E-state index contributed by atoms with van der Waals surface area (Å²) in [6.07, 6.45) is -27.1. The first-order valence-electron chi connectivity index (χ1n) is 18.5. The molecule has 0 aliphatic carbocycles. The van der Waals surface area contributed by atoms with Crippen molar-refractivity contribution in [3.63, 3.8) is 0 Å². The quantitative estimate of drug-likeness (QED) is 0.0819. The Morgan fingerprint density at radius 3 is 1.50 bits per heavy atom. The van der Waals surface area contributed by atoms with Gasteiger partial charge in [0.2, 0.25) is 17.7 Å². The predicted molar refractivity (Wildman–Crippen MR) is 181 cm³/mol. The van der Waals surface area contributed by atoms with E-state index in [1.807, 2.05) is 0 Å². The summed E-state index contributed by atoms with van der Waals surface area (Å²) < 4.78 is 52.7. The highest BCUT2D eigenvalue weighted by Crippen LogP contribution is 2.40. The Kier molecular flexibility index (Phi) is 15.0. The van der Waals surface area contributed by atoms with Crippen molar-refractivity contribution in [2.45, 2.75) is 163 Å². The highest BCUT2D eigenvalue weighted by atomic mass is 16.8. The minimum Gasteiger partial charge on any atom is -0.477 e. The number of carbonyl (C=O) groups is 4. The van der Waals surface area contributed by atoms with Crippen LogP contribution in [0, 0.1) is 0 Å². The minimum atomic E-state index is -2.30. The molecule has 332 valence electrons. The second kappa shape index (κ2) is 18.9. The van der Waals surface area contributed by atoms with Crippen LogP contribution in [0.15, 0.2) is 0 Å². The highest BCUT2D eigenvalue weighted by molar-refractivity contribution is 5.75. The standard InChI is InChI=1S/C33H53N3O22/c1-9-19(43)24(55-29-16(34-10(2)40)22(46)20(44)13(6-37)52-29)17(35-11(3)41)30(50-9)56-25-18(36-12(4)42)31(53-14(7-38)21(25)45)54-23-15(8-39)51-28(47)27-26(23)57-33(5,58-27)32(48)49/h9,13-31,37-39,43-47H,6-8H2,1-5H3,(H,34,40)(H,35,41)(H,36,42)(H,48,49)/t9-,13+,14+,15+,16-,17-,18+,19+,20+,21-,22+,23-,24-,25+,26-,27+,28-,29-,30-,31+,33-/m0/s1. The Morgan fingerprint density at radius 1 is 0.569 bits per heavy atom. The number of ether oxygens (including phenoxy) is 9. The summed E-state index contributed by atoms with van der Waals surface area (Å²) in [6, 6.07) is -4.58. The van der Waals surface area contributed by atoms with Gasteiger partial charge in [0.15, 0.2) is 25.2 Å². The fourth-order valence-corrected chi connectivity index (χ4v) is 7.58. The van der Waals surface area contributed by atoms with E-state index < -0.39 is 172 Å². The van der Waals surface area contributed by atoms with E-state index >= 15 is 0 Å². The van der Waals surface area contributed by atoms with Gasteiger partial charge in [-0.2, -0.15) is 0 Å². The number of aliphatic carboxylic acids is 1. The molecule has 0 bridgehead atoms. The number of hydrogen-bond donors (Lipinski definition) is 12. The number of fused-ring (bicyclic) bond motifs is 1. The lowest BCUT2D eigenvalue weighted by Gasteiger charge is -2.51. The molecular formula is C33H53N3O22. The van der Waals surface area contributed by atoms with Crippen LogP contribution in [0.25, 0.3) is 0 Å². The molecule has 0 aromatic carbocycles. The fraction of sp³-hybridized carbons (Fsp3) is 0.879. The van der Waals surface area contributed by atoms with Gasteiger partial charge >= 0.3 is 5.97 Å². The van der Waals surface area contributed by atoms with Crippen molar-refractivity contribution in [2.75, 3.05) is 19.8 Å². The second-order valence-corrected chi connectivity index (χ2v) is 14.8. The SMILES string of the molecule is CC(=O)N[C@@H]1[C@H](O[C@@H]2[C@H](O)[C@H](C)O[C@@H](O[C@H]3[C@@H](O)[C@@H](CO)O[C@H](O[C@@H]4[C@@H]5O[C@](C)(C(=O)O)O[C@H]5[C@@H](O)O[C@@H]4CO)[C@@H]3NC(C)=O)[C@H]2NC(C)=O)O[C@H](CO)[C@@H](O)[C@@H]1O. The van der Waals surface area contributed by atoms with Gasteiger partial charge in [-0.3, -0.25) is 14.4 Å². The smallest absolute Gasteiger partial charge is 0.364 e. The van der Waals surface area contributed by atoms with Gasteiger partial charge in [-0.15, -0.1) is 0 Å². The summed E-state index contributed by atoms with van der Waals surface area (Å²) in [5.41, 5.74) is 0. The average Bonchev–Trinajstić information content (AvgIpc) is 3.53. The Bertz CT molecular complexity index is 1460. The van der Waals surface area contributed by atoms with E-state index in [-0.39, 0.29) is 0 Å². The van der Waals surface area contributed by atoms with E-state index in [0.29, 0.717) is 0 Å². The second-order valence-electron chi connectivity index (χ2n) is 14.8. The number of aliphatic hydroxyl groups excluding tert-OH is 8. The van der Waals surface area contributed by atoms with Gasteiger partial charge in [-0.25, -0.2) is 4.79 Å². The van der Waals surface area contributed by atoms with Crippen molar-refractivity contribution in [2.24, 2.45) is 0 Å². The first-order valence-corrected chi connectivity index (χ1v) is 18.5. The van der Waals surface area contributed by atoms with E-state index in [9.17, 15) is 65.1 Å². The molecule has 58 heavy (non-hydrogen) atoms. The van der Waals surface area contributed by atoms with E-state index in [2.05, 4.69) is 16.0 Å². The van der Waals surface area contributed by atoms with Crippen molar-refractivity contribution in [1.82, 2.24) is 16.0 Å². The zero-order chi connectivity index (χ0) is 43.0. The first kappa shape index (κ1) is 46.3. The van der Waals surface area contributed by atoms with Gasteiger partial charge in [-0.05, 0) is 6.92 Å². The van der Waals surface area contributed by atoms with Crippen molar-refractivity contribution in [3.05, 3.63) is 0 Å². The summed E-state index contributed by atoms with van der Waals surface area (Å²) in [4.78, 5) is 49.4. The number of aliphatic hydroxyl groups is 8. The van der Waals surface area contributed by atoms with Crippen LogP contribution in [-0.2, 0) is 61.8 Å². The number of carbonyl (C=O) groups excluding carboxylic acids is 3. The molecule has 0 aromatic rings. The monoisotopic (exact) mass is 843 g/mol. The van der Waals surface area contributed by atoms with Crippen LogP contribution >= 0.6 is 0 Å². The van der Waals surface area contributed by atoms with Crippen molar-refractivity contribution >= 4 is 23.7 Å². The molecule has 21 atom stereocenters. The largest absolute Gasteiger partial charge is 0.477 e. The first-order chi connectivity index (χ1) is 27.2. The van der Waals surface area contributed by atoms with Gasteiger partial charge in [-0.1, -0.05) is 0 Å².